The number of rotatable bonds is 11. The second kappa shape index (κ2) is 10.9. The Kier molecular flexibility index (Phi) is 9.07. The average Bonchev–Trinajstić information content (AvgIpc) is 2.72. The first-order valence-electron chi connectivity index (χ1n) is 9.95. The van der Waals surface area contributed by atoms with Gasteiger partial charge in [-0.2, -0.15) is 8.42 Å². The van der Waals surface area contributed by atoms with E-state index in [4.69, 9.17) is 50.1 Å². The maximum Gasteiger partial charge on any atom is 0.339 e. The van der Waals surface area contributed by atoms with Crippen LogP contribution in [0.3, 0.4) is 0 Å². The normalized spacial score (nSPS) is 18.1. The van der Waals surface area contributed by atoms with Crippen molar-refractivity contribution < 1.29 is 36.8 Å². The molecule has 0 aromatic heterocycles. The van der Waals surface area contributed by atoms with Gasteiger partial charge in [-0.25, -0.2) is 9.59 Å². The summed E-state index contributed by atoms with van der Waals surface area (Å²) in [5, 5.41) is 0. The van der Waals surface area contributed by atoms with Crippen molar-refractivity contribution in [1.82, 2.24) is 0 Å². The molecule has 1 aliphatic rings. The highest BCUT2D eigenvalue weighted by molar-refractivity contribution is 7.85. The first kappa shape index (κ1) is 26.5. The van der Waals surface area contributed by atoms with E-state index in [-0.39, 0.29) is 54.1 Å². The zero-order valence-electron chi connectivity index (χ0n) is 17.9. The molecule has 1 atom stereocenters. The molecule has 13 heteroatoms. The molecular formula is C19H22B4O8S. The highest BCUT2D eigenvalue weighted by Crippen LogP contribution is 2.32. The van der Waals surface area contributed by atoms with Crippen molar-refractivity contribution in [3.63, 3.8) is 0 Å². The van der Waals surface area contributed by atoms with Crippen LogP contribution in [0.15, 0.2) is 0 Å². The molecule has 1 aliphatic heterocycles. The van der Waals surface area contributed by atoms with Crippen molar-refractivity contribution in [2.75, 3.05) is 25.6 Å². The fourth-order valence-electron chi connectivity index (χ4n) is 3.53. The van der Waals surface area contributed by atoms with E-state index in [1.807, 2.05) is 0 Å². The number of benzene rings is 1. The Hall–Kier alpha value is -1.71. The van der Waals surface area contributed by atoms with Crippen molar-refractivity contribution in [3.8, 4) is 0 Å². The lowest BCUT2D eigenvalue weighted by Crippen LogP contribution is -2.45. The molecule has 1 unspecified atom stereocenters. The van der Waals surface area contributed by atoms with Crippen molar-refractivity contribution in [3.05, 3.63) is 33.4 Å². The summed E-state index contributed by atoms with van der Waals surface area (Å²) in [4.78, 5) is 26.1. The van der Waals surface area contributed by atoms with E-state index in [2.05, 4.69) is 0 Å². The quantitative estimate of drug-likeness (QED) is 0.277. The SMILES string of the molecule is [B]Cc1c(C[B])c(C[B])c(C(=O)OCC2(C)CCO2)c(C(=O)OCCS(=O)(=O)O)c1C[B]. The Morgan fingerprint density at radius 2 is 1.38 bits per heavy atom. The van der Waals surface area contributed by atoms with E-state index in [1.165, 1.54) is 0 Å². The van der Waals surface area contributed by atoms with Crippen molar-refractivity contribution >= 4 is 53.4 Å². The zero-order chi connectivity index (χ0) is 24.1. The molecule has 1 aromatic rings. The fraction of sp³-hybridized carbons (Fsp3) is 0.579. The minimum atomic E-state index is -4.37. The number of carbonyl (C=O) groups is 2. The fourth-order valence-corrected chi connectivity index (χ4v) is 3.82. The smallest absolute Gasteiger partial charge is 0.339 e. The topological polar surface area (TPSA) is 116 Å². The largest absolute Gasteiger partial charge is 0.461 e. The van der Waals surface area contributed by atoms with E-state index < -0.39 is 40.0 Å². The molecule has 2 rings (SSSR count). The van der Waals surface area contributed by atoms with Gasteiger partial charge in [0.25, 0.3) is 10.1 Å². The van der Waals surface area contributed by atoms with Gasteiger partial charge in [0.15, 0.2) is 0 Å². The van der Waals surface area contributed by atoms with Gasteiger partial charge in [0.2, 0.25) is 0 Å². The van der Waals surface area contributed by atoms with Gasteiger partial charge in [-0.1, -0.05) is 36.4 Å². The van der Waals surface area contributed by atoms with Crippen molar-refractivity contribution in [2.45, 2.75) is 44.2 Å². The summed E-state index contributed by atoms with van der Waals surface area (Å²) in [7, 11) is 19.2. The predicted molar refractivity (Wildman–Crippen MR) is 120 cm³/mol. The second-order valence-electron chi connectivity index (χ2n) is 7.53. The van der Waals surface area contributed by atoms with Crippen molar-refractivity contribution in [2.24, 2.45) is 0 Å². The second-order valence-corrected chi connectivity index (χ2v) is 9.10. The summed E-state index contributed by atoms with van der Waals surface area (Å²) in [6.45, 7) is 1.64. The van der Waals surface area contributed by atoms with Crippen LogP contribution in [0.4, 0.5) is 0 Å². The molecular weight excluding hydrogens is 432 g/mol. The Bertz CT molecular complexity index is 976. The van der Waals surface area contributed by atoms with Crippen LogP contribution >= 0.6 is 0 Å². The monoisotopic (exact) mass is 454 g/mol. The zero-order valence-corrected chi connectivity index (χ0v) is 18.7. The maximum atomic E-state index is 13.1. The molecule has 0 amide bonds. The third-order valence-electron chi connectivity index (χ3n) is 5.34. The van der Waals surface area contributed by atoms with Crippen LogP contribution in [0.25, 0.3) is 0 Å². The Labute approximate surface area is 193 Å². The Morgan fingerprint density at radius 3 is 1.72 bits per heavy atom. The lowest BCUT2D eigenvalue weighted by atomic mass is 9.72. The lowest BCUT2D eigenvalue weighted by Gasteiger charge is -2.37. The van der Waals surface area contributed by atoms with E-state index in [1.54, 1.807) is 6.92 Å². The van der Waals surface area contributed by atoms with E-state index in [0.717, 1.165) is 0 Å². The van der Waals surface area contributed by atoms with Crippen LogP contribution in [0.2, 0.25) is 0 Å². The minimum Gasteiger partial charge on any atom is -0.461 e. The molecule has 1 saturated heterocycles. The van der Waals surface area contributed by atoms with Crippen molar-refractivity contribution in [1.29, 1.82) is 0 Å². The van der Waals surface area contributed by atoms with E-state index in [9.17, 15) is 18.0 Å². The van der Waals surface area contributed by atoms with Crippen LogP contribution in [0, 0.1) is 0 Å². The number of hydrogen-bond donors (Lipinski definition) is 1. The van der Waals surface area contributed by atoms with Gasteiger partial charge in [0, 0.05) is 6.42 Å². The molecule has 0 aliphatic carbocycles. The predicted octanol–water partition coefficient (Wildman–Crippen LogP) is -0.259. The minimum absolute atomic E-state index is 0.0226. The average molecular weight is 454 g/mol. The van der Waals surface area contributed by atoms with Crippen LogP contribution in [-0.4, -0.2) is 87.5 Å². The molecule has 0 saturated carbocycles. The van der Waals surface area contributed by atoms with Crippen LogP contribution in [0.5, 0.6) is 0 Å². The highest BCUT2D eigenvalue weighted by Gasteiger charge is 2.36. The molecule has 0 spiro atoms. The van der Waals surface area contributed by atoms with Crippen LogP contribution in [0.1, 0.15) is 56.3 Å². The Morgan fingerprint density at radius 1 is 0.938 bits per heavy atom. The summed E-state index contributed by atoms with van der Waals surface area (Å²) in [6, 6.07) is 0. The summed E-state index contributed by atoms with van der Waals surface area (Å²) >= 11 is 0. The molecule has 1 N–H and O–H groups in total. The maximum absolute atomic E-state index is 13.1. The summed E-state index contributed by atoms with van der Waals surface area (Å²) in [5.41, 5.74) is 0.401. The highest BCUT2D eigenvalue weighted by atomic mass is 32.2. The molecule has 1 fully saturated rings. The number of esters is 2. The third kappa shape index (κ3) is 5.99. The van der Waals surface area contributed by atoms with Gasteiger partial charge in [0.1, 0.15) is 24.6 Å². The van der Waals surface area contributed by atoms with Gasteiger partial charge in [-0.3, -0.25) is 4.55 Å². The van der Waals surface area contributed by atoms with Gasteiger partial charge >= 0.3 is 11.9 Å². The molecule has 1 heterocycles. The Balaban J connectivity index is 2.57. The van der Waals surface area contributed by atoms with Crippen LogP contribution < -0.4 is 0 Å². The first-order valence-corrected chi connectivity index (χ1v) is 11.6. The van der Waals surface area contributed by atoms with E-state index in [0.29, 0.717) is 24.2 Å². The summed E-state index contributed by atoms with van der Waals surface area (Å²) < 4.78 is 46.6. The van der Waals surface area contributed by atoms with Crippen LogP contribution in [-0.2, 0) is 49.6 Å². The van der Waals surface area contributed by atoms with Gasteiger partial charge < -0.3 is 14.2 Å². The first-order chi connectivity index (χ1) is 15.0. The van der Waals surface area contributed by atoms with Gasteiger partial charge in [0.05, 0.1) is 49.1 Å². The molecule has 8 radical (unpaired) electrons. The molecule has 1 aromatic carbocycles. The number of ether oxygens (including phenoxy) is 3. The lowest BCUT2D eigenvalue weighted by molar-refractivity contribution is -0.158. The molecule has 8 nitrogen and oxygen atoms in total. The number of carbonyl (C=O) groups excluding carboxylic acids is 2. The summed E-state index contributed by atoms with van der Waals surface area (Å²) in [6.07, 6.45) is 0.286. The summed E-state index contributed by atoms with van der Waals surface area (Å²) in [5.74, 6) is -2.70. The standard InChI is InChI=1S/C19H22B4O8S/c1-19(2-3-31-19)10-30-18(25)16-14(9-23)12(7-21)11(6-20)13(8-22)15(16)17(24)29-4-5-32(26,27)28/h2-10H2,1H3,(H,26,27,28). The molecule has 164 valence electrons. The third-order valence-corrected chi connectivity index (χ3v) is 6.02. The van der Waals surface area contributed by atoms with Gasteiger partial charge in [-0.05, 0) is 18.1 Å². The van der Waals surface area contributed by atoms with Gasteiger partial charge in [-0.15, -0.1) is 0 Å². The molecule has 0 bridgehead atoms. The van der Waals surface area contributed by atoms with E-state index >= 15 is 0 Å². The molecule has 32 heavy (non-hydrogen) atoms. The number of hydrogen-bond acceptors (Lipinski definition) is 7.